The van der Waals surface area contributed by atoms with E-state index in [4.69, 9.17) is 18.6 Å². The van der Waals surface area contributed by atoms with E-state index in [0.717, 1.165) is 29.5 Å². The van der Waals surface area contributed by atoms with Crippen LogP contribution in [0.25, 0.3) is 11.1 Å². The second-order valence-electron chi connectivity index (χ2n) is 12.0. The van der Waals surface area contributed by atoms with E-state index in [1.165, 1.54) is 5.56 Å². The molecule has 39 heavy (non-hydrogen) atoms. The summed E-state index contributed by atoms with van der Waals surface area (Å²) in [5.74, 6) is -1.02. The third kappa shape index (κ3) is 9.59. The fraction of sp³-hybridized carbons (Fsp3) is 0.562. The molecule has 0 saturated heterocycles. The van der Waals surface area contributed by atoms with Crippen LogP contribution in [0.15, 0.2) is 48.5 Å². The molecule has 0 aromatic heterocycles. The lowest BCUT2D eigenvalue weighted by Gasteiger charge is -2.36. The molecule has 0 fully saturated rings. The number of ether oxygens (including phenoxy) is 3. The molecule has 0 bridgehead atoms. The van der Waals surface area contributed by atoms with Gasteiger partial charge in [-0.3, -0.25) is 4.79 Å². The summed E-state index contributed by atoms with van der Waals surface area (Å²) in [6.45, 7) is 17.6. The molecule has 0 amide bonds. The fourth-order valence-electron chi connectivity index (χ4n) is 3.60. The topological polar surface area (TPSA) is 71.1 Å². The van der Waals surface area contributed by atoms with Crippen LogP contribution in [0, 0.1) is 5.41 Å². The summed E-state index contributed by atoms with van der Waals surface area (Å²) >= 11 is 0. The van der Waals surface area contributed by atoms with Crippen LogP contribution in [0.1, 0.15) is 66.0 Å². The molecular formula is C32H48O6Si. The third-order valence-corrected chi connectivity index (χ3v) is 10.7. The third-order valence-electron chi connectivity index (χ3n) is 7.06. The lowest BCUT2D eigenvalue weighted by molar-refractivity contribution is -0.194. The number of carbonyl (C=O) groups is 2. The summed E-state index contributed by atoms with van der Waals surface area (Å²) in [5, 5.41) is 0. The Morgan fingerprint density at radius 2 is 1.33 bits per heavy atom. The van der Waals surface area contributed by atoms with E-state index in [1.807, 2.05) is 24.3 Å². The fourth-order valence-corrected chi connectivity index (χ4v) is 4.54. The zero-order valence-electron chi connectivity index (χ0n) is 25.4. The summed E-state index contributed by atoms with van der Waals surface area (Å²) in [6, 6.07) is 16.7. The Balaban J connectivity index is 2.29. The first-order valence-electron chi connectivity index (χ1n) is 14.0. The average Bonchev–Trinajstić information content (AvgIpc) is 2.88. The Labute approximate surface area is 236 Å². The summed E-state index contributed by atoms with van der Waals surface area (Å²) in [6.07, 6.45) is 2.20. The van der Waals surface area contributed by atoms with Gasteiger partial charge in [-0.15, -0.1) is 0 Å². The molecule has 0 spiro atoms. The largest absolute Gasteiger partial charge is 0.464 e. The SMILES string of the molecule is CCCc1ccc(-c2ccc(COC(COC(=O)C(C)(C)C)(CO[Si](C)(C)C(C)C)C(=O)OCC)cc2)cc1. The van der Waals surface area contributed by atoms with Gasteiger partial charge in [0.25, 0.3) is 0 Å². The van der Waals surface area contributed by atoms with Crippen molar-refractivity contribution in [2.24, 2.45) is 5.41 Å². The van der Waals surface area contributed by atoms with Gasteiger partial charge in [0.15, 0.2) is 8.32 Å². The number of aryl methyl sites for hydroxylation is 1. The van der Waals surface area contributed by atoms with Gasteiger partial charge in [0.2, 0.25) is 5.60 Å². The minimum atomic E-state index is -2.14. The highest BCUT2D eigenvalue weighted by Gasteiger charge is 2.46. The predicted octanol–water partition coefficient (Wildman–Crippen LogP) is 7.35. The molecule has 2 rings (SSSR count). The molecule has 6 nitrogen and oxygen atoms in total. The highest BCUT2D eigenvalue weighted by Crippen LogP contribution is 2.28. The van der Waals surface area contributed by atoms with Crippen molar-refractivity contribution in [1.82, 2.24) is 0 Å². The first-order chi connectivity index (χ1) is 18.2. The molecule has 0 saturated carbocycles. The van der Waals surface area contributed by atoms with Crippen molar-refractivity contribution >= 4 is 20.3 Å². The highest BCUT2D eigenvalue weighted by atomic mass is 28.4. The smallest absolute Gasteiger partial charge is 0.344 e. The lowest BCUT2D eigenvalue weighted by Crippen LogP contribution is -2.54. The first kappa shape index (κ1) is 32.7. The number of benzene rings is 2. The number of rotatable bonds is 14. The maximum atomic E-state index is 13.3. The number of hydrogen-bond donors (Lipinski definition) is 0. The van der Waals surface area contributed by atoms with Gasteiger partial charge in [-0.25, -0.2) is 4.79 Å². The van der Waals surface area contributed by atoms with Gasteiger partial charge in [-0.05, 0) is 75.0 Å². The average molecular weight is 557 g/mol. The zero-order valence-corrected chi connectivity index (χ0v) is 26.4. The molecule has 2 aromatic carbocycles. The molecule has 216 valence electrons. The van der Waals surface area contributed by atoms with E-state index in [9.17, 15) is 9.59 Å². The summed E-state index contributed by atoms with van der Waals surface area (Å²) in [4.78, 5) is 26.0. The Hall–Kier alpha value is -2.48. The van der Waals surface area contributed by atoms with Crippen LogP contribution in [0.5, 0.6) is 0 Å². The summed E-state index contributed by atoms with van der Waals surface area (Å²) < 4.78 is 23.7. The minimum Gasteiger partial charge on any atom is -0.464 e. The Bertz CT molecular complexity index is 1050. The Morgan fingerprint density at radius 1 is 0.795 bits per heavy atom. The molecular weight excluding hydrogens is 508 g/mol. The molecule has 1 unspecified atom stereocenters. The van der Waals surface area contributed by atoms with Gasteiger partial charge >= 0.3 is 11.9 Å². The molecule has 0 aliphatic carbocycles. The van der Waals surface area contributed by atoms with Crippen molar-refractivity contribution < 1.29 is 28.2 Å². The van der Waals surface area contributed by atoms with Gasteiger partial charge in [0.05, 0.1) is 25.2 Å². The molecule has 0 heterocycles. The van der Waals surface area contributed by atoms with Crippen molar-refractivity contribution in [2.45, 2.75) is 92.2 Å². The molecule has 7 heteroatoms. The van der Waals surface area contributed by atoms with Crippen LogP contribution in [0.4, 0.5) is 0 Å². The van der Waals surface area contributed by atoms with Crippen LogP contribution in [-0.4, -0.2) is 45.7 Å². The molecule has 0 radical (unpaired) electrons. The maximum absolute atomic E-state index is 13.3. The van der Waals surface area contributed by atoms with E-state index in [-0.39, 0.29) is 26.4 Å². The first-order valence-corrected chi connectivity index (χ1v) is 17.0. The van der Waals surface area contributed by atoms with Crippen LogP contribution in [0.2, 0.25) is 18.6 Å². The van der Waals surface area contributed by atoms with E-state index >= 15 is 0 Å². The van der Waals surface area contributed by atoms with Crippen molar-refractivity contribution in [3.05, 3.63) is 59.7 Å². The van der Waals surface area contributed by atoms with Crippen LogP contribution >= 0.6 is 0 Å². The normalized spacial score (nSPS) is 13.7. The molecule has 1 atom stereocenters. The van der Waals surface area contributed by atoms with Gasteiger partial charge in [-0.2, -0.15) is 0 Å². The Morgan fingerprint density at radius 3 is 1.79 bits per heavy atom. The standard InChI is InChI=1S/C32H48O6Si/c1-10-12-25-13-17-27(18-14-25)28-19-15-26(16-20-28)21-37-32(30(34)35-11-2,22-36-29(33)31(5,6)7)23-38-39(8,9)24(3)4/h13-20,24H,10-12,21-23H2,1-9H3. The highest BCUT2D eigenvalue weighted by molar-refractivity contribution is 6.72. The number of esters is 2. The maximum Gasteiger partial charge on any atom is 0.344 e. The predicted molar refractivity (Wildman–Crippen MR) is 159 cm³/mol. The lowest BCUT2D eigenvalue weighted by atomic mass is 9.97. The molecule has 0 N–H and O–H groups in total. The quantitative estimate of drug-likeness (QED) is 0.179. The van der Waals surface area contributed by atoms with Crippen molar-refractivity contribution in [1.29, 1.82) is 0 Å². The monoisotopic (exact) mass is 556 g/mol. The van der Waals surface area contributed by atoms with Crippen molar-refractivity contribution in [3.8, 4) is 11.1 Å². The van der Waals surface area contributed by atoms with E-state index in [1.54, 1.807) is 27.7 Å². The van der Waals surface area contributed by atoms with Gasteiger partial charge < -0.3 is 18.6 Å². The molecule has 0 aliphatic rings. The van der Waals surface area contributed by atoms with Crippen molar-refractivity contribution in [3.63, 3.8) is 0 Å². The van der Waals surface area contributed by atoms with Gasteiger partial charge in [0, 0.05) is 0 Å². The zero-order chi connectivity index (χ0) is 29.3. The number of carbonyl (C=O) groups excluding carboxylic acids is 2. The number of hydrogen-bond acceptors (Lipinski definition) is 6. The Kier molecular flexibility index (Phi) is 11.9. The molecule has 0 aliphatic heterocycles. The van der Waals surface area contributed by atoms with Gasteiger partial charge in [0.1, 0.15) is 6.61 Å². The molecule has 2 aromatic rings. The van der Waals surface area contributed by atoms with E-state index in [2.05, 4.69) is 58.1 Å². The summed E-state index contributed by atoms with van der Waals surface area (Å²) in [5.41, 5.74) is 2.48. The summed E-state index contributed by atoms with van der Waals surface area (Å²) in [7, 11) is -2.14. The van der Waals surface area contributed by atoms with Gasteiger partial charge in [-0.1, -0.05) is 75.7 Å². The second-order valence-corrected chi connectivity index (χ2v) is 16.7. The minimum absolute atomic E-state index is 0.0527. The van der Waals surface area contributed by atoms with Crippen LogP contribution in [0.3, 0.4) is 0 Å². The van der Waals surface area contributed by atoms with E-state index in [0.29, 0.717) is 5.54 Å². The van der Waals surface area contributed by atoms with E-state index < -0.39 is 31.3 Å². The van der Waals surface area contributed by atoms with Crippen molar-refractivity contribution in [2.75, 3.05) is 19.8 Å². The van der Waals surface area contributed by atoms with Crippen LogP contribution in [-0.2, 0) is 41.3 Å². The second kappa shape index (κ2) is 14.2. The van der Waals surface area contributed by atoms with Crippen LogP contribution < -0.4 is 0 Å².